The lowest BCUT2D eigenvalue weighted by atomic mass is 9.86. The van der Waals surface area contributed by atoms with E-state index >= 15 is 4.39 Å². The summed E-state index contributed by atoms with van der Waals surface area (Å²) in [5.74, 6) is -2.47. The van der Waals surface area contributed by atoms with Gasteiger partial charge in [0.1, 0.15) is 18.2 Å². The van der Waals surface area contributed by atoms with Gasteiger partial charge in [0.2, 0.25) is 17.7 Å². The summed E-state index contributed by atoms with van der Waals surface area (Å²) in [6.07, 6.45) is 5.40. The van der Waals surface area contributed by atoms with Gasteiger partial charge in [0, 0.05) is 75.2 Å². The summed E-state index contributed by atoms with van der Waals surface area (Å²) in [5, 5.41) is 8.74. The predicted octanol–water partition coefficient (Wildman–Crippen LogP) is 3.18. The largest absolute Gasteiger partial charge is 0.369 e. The molecule has 1 aliphatic carbocycles. The van der Waals surface area contributed by atoms with E-state index in [0.29, 0.717) is 30.8 Å². The fourth-order valence-electron chi connectivity index (χ4n) is 9.05. The van der Waals surface area contributed by atoms with Crippen molar-refractivity contribution in [2.24, 2.45) is 0 Å². The number of carbonyl (C=O) groups excluding carboxylic acids is 5. The Balaban J connectivity index is 0.706. The van der Waals surface area contributed by atoms with Crippen molar-refractivity contribution in [3.63, 3.8) is 0 Å². The highest BCUT2D eigenvalue weighted by molar-refractivity contribution is 6.23. The van der Waals surface area contributed by atoms with Crippen LogP contribution in [0.4, 0.5) is 27.3 Å². The van der Waals surface area contributed by atoms with E-state index in [1.165, 1.54) is 6.07 Å². The first-order valence-corrected chi connectivity index (χ1v) is 20.3. The van der Waals surface area contributed by atoms with Crippen molar-refractivity contribution in [2.45, 2.75) is 56.3 Å². The zero-order valence-corrected chi connectivity index (χ0v) is 32.6. The average molecular weight is 812 g/mol. The first-order chi connectivity index (χ1) is 29.2. The third kappa shape index (κ3) is 6.87. The highest BCUT2D eigenvalue weighted by Crippen LogP contribution is 2.37. The van der Waals surface area contributed by atoms with E-state index in [0.717, 1.165) is 72.6 Å². The van der Waals surface area contributed by atoms with E-state index < -0.39 is 35.5 Å². The summed E-state index contributed by atoms with van der Waals surface area (Å²) in [6, 6.07) is 19.9. The summed E-state index contributed by atoms with van der Waals surface area (Å²) in [7, 11) is 0. The number of halogens is 1. The van der Waals surface area contributed by atoms with E-state index in [1.807, 2.05) is 47.4 Å². The van der Waals surface area contributed by atoms with Crippen LogP contribution in [0.2, 0.25) is 0 Å². The molecule has 1 unspecified atom stereocenters. The maximum atomic E-state index is 15.4. The molecular formula is C43H42FN11O5. The van der Waals surface area contributed by atoms with Gasteiger partial charge in [-0.05, 0) is 61.2 Å². The Morgan fingerprint density at radius 3 is 2.30 bits per heavy atom. The van der Waals surface area contributed by atoms with Gasteiger partial charge in [-0.15, -0.1) is 0 Å². The standard InChI is InChI=1S/C43H42FN11O5/c44-33-19-31-32(43(60)55(42(31)59)34-10-11-36(56)50-41(34)58)20-35(33)53-21-30(22-53)52-14-12-51(13-15-52)28-8-6-26(7-9-28)49-39-38-40(46-23-45-39)54(24-47-38)29-17-27(18-29)48-37(57)16-25-4-2-1-3-5-25/h1-9,19-20,23-24,27,29-30,34H,10-18,21-22H2,(H,48,57)(H,45,46,49)(H,50,56,58). The van der Waals surface area contributed by atoms with E-state index in [2.05, 4.69) is 57.4 Å². The van der Waals surface area contributed by atoms with Crippen LogP contribution < -0.4 is 25.8 Å². The summed E-state index contributed by atoms with van der Waals surface area (Å²) in [6.45, 7) is 4.49. The Morgan fingerprint density at radius 1 is 0.833 bits per heavy atom. The van der Waals surface area contributed by atoms with Crippen molar-refractivity contribution < 1.29 is 28.4 Å². The molecule has 5 amide bonds. The lowest BCUT2D eigenvalue weighted by Gasteiger charge is -2.49. The molecule has 4 fully saturated rings. The molecule has 16 nitrogen and oxygen atoms in total. The zero-order valence-electron chi connectivity index (χ0n) is 32.6. The third-order valence-electron chi connectivity index (χ3n) is 12.5. The molecule has 0 spiro atoms. The second-order valence-electron chi connectivity index (χ2n) is 16.1. The highest BCUT2D eigenvalue weighted by atomic mass is 19.1. The highest BCUT2D eigenvalue weighted by Gasteiger charge is 2.46. The third-order valence-corrected chi connectivity index (χ3v) is 12.5. The number of imide groups is 2. The SMILES string of the molecule is O=C1CCC(N2C(=O)c3cc(F)c(N4CC(N5CCN(c6ccc(Nc7ncnc8c7ncn8C7CC(NC(=O)Cc8ccccc8)C7)cc6)CC5)C4)cc3C2=O)C(=O)N1. The lowest BCUT2D eigenvalue weighted by Crippen LogP contribution is -2.63. The number of carbonyl (C=O) groups is 5. The minimum absolute atomic E-state index is 0.0165. The number of amides is 5. The first-order valence-electron chi connectivity index (χ1n) is 20.3. The van der Waals surface area contributed by atoms with E-state index in [4.69, 9.17) is 0 Å². The van der Waals surface area contributed by atoms with Crippen molar-refractivity contribution in [3.05, 3.63) is 102 Å². The maximum absolute atomic E-state index is 15.4. The maximum Gasteiger partial charge on any atom is 0.262 e. The quantitative estimate of drug-likeness (QED) is 0.176. The molecule has 4 aliphatic heterocycles. The molecule has 1 atom stereocenters. The lowest BCUT2D eigenvalue weighted by molar-refractivity contribution is -0.136. The van der Waals surface area contributed by atoms with Crippen LogP contribution in [0.15, 0.2) is 79.4 Å². The summed E-state index contributed by atoms with van der Waals surface area (Å²) < 4.78 is 17.5. The van der Waals surface area contributed by atoms with Gasteiger partial charge in [0.25, 0.3) is 11.8 Å². The number of benzene rings is 3. The van der Waals surface area contributed by atoms with Gasteiger partial charge >= 0.3 is 0 Å². The predicted molar refractivity (Wildman–Crippen MR) is 218 cm³/mol. The number of aromatic nitrogens is 4. The van der Waals surface area contributed by atoms with Crippen LogP contribution in [0.3, 0.4) is 0 Å². The number of rotatable bonds is 10. The van der Waals surface area contributed by atoms with E-state index in [-0.39, 0.29) is 53.7 Å². The van der Waals surface area contributed by atoms with Crippen LogP contribution in [0.25, 0.3) is 11.2 Å². The van der Waals surface area contributed by atoms with Crippen LogP contribution in [0, 0.1) is 5.82 Å². The minimum Gasteiger partial charge on any atom is -0.369 e. The number of piperazine rings is 1. The minimum atomic E-state index is -1.10. The van der Waals surface area contributed by atoms with Crippen molar-refractivity contribution in [2.75, 3.05) is 54.4 Å². The van der Waals surface area contributed by atoms with Crippen molar-refractivity contribution in [1.29, 1.82) is 0 Å². The molecule has 3 aromatic carbocycles. The van der Waals surface area contributed by atoms with Gasteiger partial charge in [-0.2, -0.15) is 0 Å². The van der Waals surface area contributed by atoms with Crippen LogP contribution in [0.1, 0.15) is 58.0 Å². The summed E-state index contributed by atoms with van der Waals surface area (Å²) >= 11 is 0. The fourth-order valence-corrected chi connectivity index (χ4v) is 9.05. The van der Waals surface area contributed by atoms with Gasteiger partial charge in [-0.3, -0.25) is 39.1 Å². The van der Waals surface area contributed by atoms with Crippen molar-refractivity contribution in [1.82, 2.24) is 40.0 Å². The number of imidazole rings is 1. The van der Waals surface area contributed by atoms with E-state index in [9.17, 15) is 24.0 Å². The van der Waals surface area contributed by atoms with Crippen LogP contribution in [-0.2, 0) is 20.8 Å². The van der Waals surface area contributed by atoms with Gasteiger partial charge in [0.15, 0.2) is 17.0 Å². The van der Waals surface area contributed by atoms with Crippen molar-refractivity contribution >= 4 is 63.6 Å². The monoisotopic (exact) mass is 811 g/mol. The number of anilines is 4. The second-order valence-corrected chi connectivity index (χ2v) is 16.1. The first kappa shape index (κ1) is 37.5. The molecular weight excluding hydrogens is 770 g/mol. The van der Waals surface area contributed by atoms with Crippen LogP contribution in [-0.4, -0.2) is 116 Å². The molecule has 0 radical (unpaired) electrons. The number of nitrogens with zero attached hydrogens (tertiary/aromatic N) is 8. The molecule has 3 saturated heterocycles. The van der Waals surface area contributed by atoms with Gasteiger partial charge in [0.05, 0.1) is 29.6 Å². The molecule has 5 aliphatic rings. The number of piperidine rings is 1. The smallest absolute Gasteiger partial charge is 0.262 e. The van der Waals surface area contributed by atoms with Gasteiger partial charge < -0.3 is 25.0 Å². The van der Waals surface area contributed by atoms with Crippen LogP contribution >= 0.6 is 0 Å². The Labute approximate surface area is 343 Å². The Morgan fingerprint density at radius 2 is 1.57 bits per heavy atom. The number of nitrogens with one attached hydrogen (secondary N) is 3. The number of hydrogen-bond donors (Lipinski definition) is 3. The molecule has 306 valence electrons. The zero-order chi connectivity index (χ0) is 41.1. The number of fused-ring (bicyclic) bond motifs is 2. The van der Waals surface area contributed by atoms with Crippen molar-refractivity contribution in [3.8, 4) is 0 Å². The Kier molecular flexibility index (Phi) is 9.46. The topological polar surface area (TPSA) is 178 Å². The molecule has 0 bridgehead atoms. The fraction of sp³-hybridized carbons (Fsp3) is 0.349. The van der Waals surface area contributed by atoms with Gasteiger partial charge in [-0.25, -0.2) is 19.3 Å². The molecule has 1 saturated carbocycles. The molecule has 17 heteroatoms. The number of hydrogen-bond acceptors (Lipinski definition) is 12. The summed E-state index contributed by atoms with van der Waals surface area (Å²) in [5.41, 5.74) is 4.67. The summed E-state index contributed by atoms with van der Waals surface area (Å²) in [4.78, 5) is 84.1. The Bertz CT molecular complexity index is 2530. The molecule has 60 heavy (non-hydrogen) atoms. The van der Waals surface area contributed by atoms with Gasteiger partial charge in [-0.1, -0.05) is 30.3 Å². The molecule has 6 heterocycles. The van der Waals surface area contributed by atoms with Crippen LogP contribution in [0.5, 0.6) is 0 Å². The molecule has 10 rings (SSSR count). The second kappa shape index (κ2) is 15.1. The van der Waals surface area contributed by atoms with E-state index in [1.54, 1.807) is 12.7 Å². The normalized spacial score (nSPS) is 22.1. The molecule has 2 aromatic heterocycles. The molecule has 5 aromatic rings. The Hall–Kier alpha value is -6.75. The average Bonchev–Trinajstić information content (AvgIpc) is 3.74. The molecule has 3 N–H and O–H groups in total.